The molecule has 17 heavy (non-hydrogen) atoms. The van der Waals surface area contributed by atoms with Gasteiger partial charge >= 0.3 is 5.97 Å². The van der Waals surface area contributed by atoms with Crippen LogP contribution in [-0.2, 0) is 9.53 Å². The maximum Gasteiger partial charge on any atom is 0.330 e. The molecule has 0 aliphatic heterocycles. The summed E-state index contributed by atoms with van der Waals surface area (Å²) in [5.74, 6) is 0.167. The van der Waals surface area contributed by atoms with Crippen LogP contribution in [0.25, 0.3) is 6.08 Å². The Kier molecular flexibility index (Phi) is 4.94. The SMILES string of the molecule is CCOC(=O)C=Cc1ccc(OC)cc1C=O. The Balaban J connectivity index is 2.90. The van der Waals surface area contributed by atoms with Crippen molar-refractivity contribution in [1.29, 1.82) is 0 Å². The van der Waals surface area contributed by atoms with Gasteiger partial charge in [0.15, 0.2) is 6.29 Å². The molecule has 0 saturated carbocycles. The first-order valence-electron chi connectivity index (χ1n) is 5.19. The molecule has 0 N–H and O–H groups in total. The highest BCUT2D eigenvalue weighted by molar-refractivity contribution is 5.90. The van der Waals surface area contributed by atoms with Crippen LogP contribution in [0.4, 0.5) is 0 Å². The first-order chi connectivity index (χ1) is 8.21. The molecule has 0 spiro atoms. The van der Waals surface area contributed by atoms with Crippen LogP contribution in [0, 0.1) is 0 Å². The average molecular weight is 234 g/mol. The lowest BCUT2D eigenvalue weighted by atomic mass is 10.1. The number of carbonyl (C=O) groups is 2. The Morgan fingerprint density at radius 2 is 2.12 bits per heavy atom. The molecule has 0 aliphatic carbocycles. The molecule has 4 nitrogen and oxygen atoms in total. The molecule has 0 heterocycles. The second-order valence-corrected chi connectivity index (χ2v) is 3.20. The van der Waals surface area contributed by atoms with Gasteiger partial charge in [0.1, 0.15) is 5.75 Å². The molecular weight excluding hydrogens is 220 g/mol. The Morgan fingerprint density at radius 3 is 2.71 bits per heavy atom. The van der Waals surface area contributed by atoms with Crippen molar-refractivity contribution in [3.8, 4) is 5.75 Å². The second-order valence-electron chi connectivity index (χ2n) is 3.20. The first kappa shape index (κ1) is 13.0. The number of carbonyl (C=O) groups excluding carboxylic acids is 2. The molecule has 0 aliphatic rings. The lowest BCUT2D eigenvalue weighted by Gasteiger charge is -2.03. The van der Waals surface area contributed by atoms with Gasteiger partial charge in [0.25, 0.3) is 0 Å². The van der Waals surface area contributed by atoms with Crippen molar-refractivity contribution in [3.63, 3.8) is 0 Å². The van der Waals surface area contributed by atoms with Gasteiger partial charge in [0, 0.05) is 11.6 Å². The van der Waals surface area contributed by atoms with Crippen molar-refractivity contribution in [2.45, 2.75) is 6.92 Å². The van der Waals surface area contributed by atoms with E-state index in [2.05, 4.69) is 0 Å². The second kappa shape index (κ2) is 6.48. The number of methoxy groups -OCH3 is 1. The standard InChI is InChI=1S/C13H14O4/c1-3-17-13(15)7-5-10-4-6-12(16-2)8-11(10)9-14/h4-9H,3H2,1-2H3. The maximum atomic E-state index is 11.1. The van der Waals surface area contributed by atoms with E-state index in [1.54, 1.807) is 31.2 Å². The van der Waals surface area contributed by atoms with Gasteiger partial charge in [-0.25, -0.2) is 4.79 Å². The fraction of sp³-hybridized carbons (Fsp3) is 0.231. The van der Waals surface area contributed by atoms with Crippen molar-refractivity contribution in [1.82, 2.24) is 0 Å². The van der Waals surface area contributed by atoms with E-state index in [1.807, 2.05) is 0 Å². The van der Waals surface area contributed by atoms with Crippen LogP contribution in [0.1, 0.15) is 22.8 Å². The Morgan fingerprint density at radius 1 is 1.35 bits per heavy atom. The van der Waals surface area contributed by atoms with Crippen molar-refractivity contribution >= 4 is 18.3 Å². The third-order valence-electron chi connectivity index (χ3n) is 2.11. The number of rotatable bonds is 5. The Hall–Kier alpha value is -2.10. The van der Waals surface area contributed by atoms with Crippen LogP contribution in [0.3, 0.4) is 0 Å². The van der Waals surface area contributed by atoms with Crippen LogP contribution in [0.2, 0.25) is 0 Å². The normalized spacial score (nSPS) is 10.2. The van der Waals surface area contributed by atoms with E-state index < -0.39 is 5.97 Å². The van der Waals surface area contributed by atoms with Crippen molar-refractivity contribution < 1.29 is 19.1 Å². The molecule has 0 saturated heterocycles. The zero-order valence-corrected chi connectivity index (χ0v) is 9.80. The summed E-state index contributed by atoms with van der Waals surface area (Å²) in [5, 5.41) is 0. The molecule has 0 amide bonds. The predicted molar refractivity (Wildman–Crippen MR) is 64.0 cm³/mol. The summed E-state index contributed by atoms with van der Waals surface area (Å²) in [6, 6.07) is 5.04. The molecule has 0 radical (unpaired) electrons. The van der Waals surface area contributed by atoms with Gasteiger partial charge in [0.2, 0.25) is 0 Å². The highest BCUT2D eigenvalue weighted by Crippen LogP contribution is 2.17. The third-order valence-corrected chi connectivity index (χ3v) is 2.11. The van der Waals surface area contributed by atoms with Gasteiger partial charge in [-0.15, -0.1) is 0 Å². The summed E-state index contributed by atoms with van der Waals surface area (Å²) < 4.78 is 9.74. The summed E-state index contributed by atoms with van der Waals surface area (Å²) in [4.78, 5) is 22.0. The van der Waals surface area contributed by atoms with Crippen LogP contribution >= 0.6 is 0 Å². The number of esters is 1. The van der Waals surface area contributed by atoms with E-state index >= 15 is 0 Å². The molecule has 1 aromatic carbocycles. The molecular formula is C13H14O4. The predicted octanol–water partition coefficient (Wildman–Crippen LogP) is 2.08. The lowest BCUT2D eigenvalue weighted by Crippen LogP contribution is -1.99. The largest absolute Gasteiger partial charge is 0.497 e. The molecule has 0 atom stereocenters. The minimum absolute atomic E-state index is 0.326. The molecule has 0 unspecified atom stereocenters. The van der Waals surface area contributed by atoms with Crippen molar-refractivity contribution in [3.05, 3.63) is 35.4 Å². The fourth-order valence-corrected chi connectivity index (χ4v) is 1.28. The molecule has 90 valence electrons. The van der Waals surface area contributed by atoms with E-state index in [0.717, 1.165) is 0 Å². The fourth-order valence-electron chi connectivity index (χ4n) is 1.28. The molecule has 1 aromatic rings. The molecule has 0 aromatic heterocycles. The lowest BCUT2D eigenvalue weighted by molar-refractivity contribution is -0.137. The minimum Gasteiger partial charge on any atom is -0.497 e. The number of hydrogen-bond acceptors (Lipinski definition) is 4. The smallest absolute Gasteiger partial charge is 0.330 e. The van der Waals surface area contributed by atoms with Crippen LogP contribution in [-0.4, -0.2) is 26.0 Å². The van der Waals surface area contributed by atoms with Crippen LogP contribution < -0.4 is 4.74 Å². The monoisotopic (exact) mass is 234 g/mol. The maximum absolute atomic E-state index is 11.1. The van der Waals surface area contributed by atoms with Gasteiger partial charge in [-0.2, -0.15) is 0 Å². The van der Waals surface area contributed by atoms with Crippen LogP contribution in [0.5, 0.6) is 5.75 Å². The third kappa shape index (κ3) is 3.75. The Labute approximate surface area is 99.8 Å². The van der Waals surface area contributed by atoms with Crippen LogP contribution in [0.15, 0.2) is 24.3 Å². The van der Waals surface area contributed by atoms with Gasteiger partial charge < -0.3 is 9.47 Å². The van der Waals surface area contributed by atoms with Crippen molar-refractivity contribution in [2.24, 2.45) is 0 Å². The van der Waals surface area contributed by atoms with E-state index in [1.165, 1.54) is 13.2 Å². The van der Waals surface area contributed by atoms with E-state index in [0.29, 0.717) is 29.8 Å². The summed E-state index contributed by atoms with van der Waals surface area (Å²) in [5.41, 5.74) is 1.11. The van der Waals surface area contributed by atoms with E-state index in [-0.39, 0.29) is 0 Å². The van der Waals surface area contributed by atoms with Gasteiger partial charge in [0.05, 0.1) is 13.7 Å². The number of aldehydes is 1. The number of hydrogen-bond donors (Lipinski definition) is 0. The number of ether oxygens (including phenoxy) is 2. The molecule has 0 fully saturated rings. The highest BCUT2D eigenvalue weighted by Gasteiger charge is 2.02. The zero-order valence-electron chi connectivity index (χ0n) is 9.80. The summed E-state index contributed by atoms with van der Waals surface area (Å²) in [7, 11) is 1.53. The quantitative estimate of drug-likeness (QED) is 0.444. The minimum atomic E-state index is -0.430. The first-order valence-corrected chi connectivity index (χ1v) is 5.19. The average Bonchev–Trinajstić information content (AvgIpc) is 2.36. The molecule has 1 rings (SSSR count). The number of benzene rings is 1. The van der Waals surface area contributed by atoms with Gasteiger partial charge in [-0.05, 0) is 30.7 Å². The summed E-state index contributed by atoms with van der Waals surface area (Å²) in [6.07, 6.45) is 3.55. The van der Waals surface area contributed by atoms with E-state index in [4.69, 9.17) is 9.47 Å². The molecule has 4 heteroatoms. The van der Waals surface area contributed by atoms with E-state index in [9.17, 15) is 9.59 Å². The zero-order chi connectivity index (χ0) is 12.7. The van der Waals surface area contributed by atoms with Gasteiger partial charge in [-0.3, -0.25) is 4.79 Å². The van der Waals surface area contributed by atoms with Gasteiger partial charge in [-0.1, -0.05) is 6.07 Å². The molecule has 0 bridgehead atoms. The summed E-state index contributed by atoms with van der Waals surface area (Å²) in [6.45, 7) is 2.06. The van der Waals surface area contributed by atoms with Crippen molar-refractivity contribution in [2.75, 3.05) is 13.7 Å². The summed E-state index contributed by atoms with van der Waals surface area (Å²) >= 11 is 0. The topological polar surface area (TPSA) is 52.6 Å². The highest BCUT2D eigenvalue weighted by atomic mass is 16.5. The Bertz CT molecular complexity index is 435.